The highest BCUT2D eigenvalue weighted by Crippen LogP contribution is 2.34. The van der Waals surface area contributed by atoms with Gasteiger partial charge in [-0.3, -0.25) is 4.79 Å². The van der Waals surface area contributed by atoms with Gasteiger partial charge in [-0.05, 0) is 36.1 Å². The molecule has 0 aliphatic carbocycles. The molecule has 28 heavy (non-hydrogen) atoms. The van der Waals surface area contributed by atoms with Crippen LogP contribution in [0.1, 0.15) is 30.0 Å². The maximum atomic E-state index is 13.0. The Morgan fingerprint density at radius 2 is 1.82 bits per heavy atom. The third-order valence-electron chi connectivity index (χ3n) is 5.04. The number of rotatable bonds is 5. The van der Waals surface area contributed by atoms with Gasteiger partial charge in [0.2, 0.25) is 0 Å². The molecule has 0 unspecified atom stereocenters. The molecule has 1 saturated heterocycles. The largest absolute Gasteiger partial charge is 0.497 e. The average molecular weight is 392 g/mol. The van der Waals surface area contributed by atoms with E-state index in [1.807, 2.05) is 30.3 Å². The molecule has 7 heteroatoms. The molecule has 2 atom stereocenters. The smallest absolute Gasteiger partial charge is 0.471 e. The lowest BCUT2D eigenvalue weighted by Crippen LogP contribution is -2.50. The predicted molar refractivity (Wildman–Crippen MR) is 99.8 cm³/mol. The van der Waals surface area contributed by atoms with Gasteiger partial charge in [0.05, 0.1) is 13.2 Å². The molecule has 0 bridgehead atoms. The molecule has 4 nitrogen and oxygen atoms in total. The van der Waals surface area contributed by atoms with E-state index in [9.17, 15) is 18.0 Å². The Kier molecular flexibility index (Phi) is 6.24. The number of ether oxygens (including phenoxy) is 1. The Morgan fingerprint density at radius 3 is 2.43 bits per heavy atom. The van der Waals surface area contributed by atoms with Crippen LogP contribution < -0.4 is 10.1 Å². The zero-order chi connectivity index (χ0) is 20.1. The number of nitrogens with one attached hydrogen (secondary N) is 1. The Balaban J connectivity index is 1.70. The number of amides is 1. The monoisotopic (exact) mass is 392 g/mol. The molecule has 2 aromatic rings. The number of likely N-dealkylation sites (tertiary alicyclic amines) is 1. The molecule has 150 valence electrons. The number of halogens is 3. The van der Waals surface area contributed by atoms with E-state index in [-0.39, 0.29) is 12.6 Å². The first kappa shape index (κ1) is 20.2. The summed E-state index contributed by atoms with van der Waals surface area (Å²) in [5.41, 5.74) is 1.78. The highest BCUT2D eigenvalue weighted by Gasteiger charge is 2.46. The lowest BCUT2D eigenvalue weighted by atomic mass is 9.91. The lowest BCUT2D eigenvalue weighted by molar-refractivity contribution is -0.189. The summed E-state index contributed by atoms with van der Waals surface area (Å²) in [4.78, 5) is 12.9. The molecular formula is C21H23F3N2O2. The molecule has 1 fully saturated rings. The van der Waals surface area contributed by atoms with E-state index in [1.165, 1.54) is 0 Å². The first-order chi connectivity index (χ1) is 13.4. The molecular weight excluding hydrogens is 369 g/mol. The second kappa shape index (κ2) is 8.65. The number of nitrogens with zero attached hydrogens (tertiary/aromatic N) is 1. The fraction of sp³-hybridized carbons (Fsp3) is 0.381. The van der Waals surface area contributed by atoms with E-state index in [4.69, 9.17) is 4.74 Å². The van der Waals surface area contributed by atoms with Crippen LogP contribution in [0.2, 0.25) is 0 Å². The van der Waals surface area contributed by atoms with E-state index in [0.29, 0.717) is 19.4 Å². The summed E-state index contributed by atoms with van der Waals surface area (Å²) in [6, 6.07) is 16.0. The van der Waals surface area contributed by atoms with Crippen molar-refractivity contribution in [3.63, 3.8) is 0 Å². The minimum absolute atomic E-state index is 0.0181. The second-order valence-corrected chi connectivity index (χ2v) is 6.87. The lowest BCUT2D eigenvalue weighted by Gasteiger charge is -2.40. The number of benzene rings is 2. The third-order valence-corrected chi connectivity index (χ3v) is 5.04. The Hall–Kier alpha value is -2.54. The van der Waals surface area contributed by atoms with Crippen LogP contribution in [0.3, 0.4) is 0 Å². The van der Waals surface area contributed by atoms with Crippen LogP contribution in [0.5, 0.6) is 5.75 Å². The number of hydrogen-bond acceptors (Lipinski definition) is 3. The maximum Gasteiger partial charge on any atom is 0.471 e. The van der Waals surface area contributed by atoms with Crippen molar-refractivity contribution in [2.75, 3.05) is 13.7 Å². The van der Waals surface area contributed by atoms with Crippen molar-refractivity contribution >= 4 is 5.91 Å². The Morgan fingerprint density at radius 1 is 1.14 bits per heavy atom. The molecule has 1 heterocycles. The standard InChI is InChI=1S/C21H23F3N2O2/c1-28-18-9-7-15(8-10-18)14-25-17-11-12-26(20(27)21(22,23)24)19(13-17)16-5-3-2-4-6-16/h2-10,17,19,25H,11-14H2,1H3/t17-,19-/m0/s1. The molecule has 0 radical (unpaired) electrons. The van der Waals surface area contributed by atoms with Gasteiger partial charge >= 0.3 is 12.1 Å². The topological polar surface area (TPSA) is 41.6 Å². The van der Waals surface area contributed by atoms with Crippen LogP contribution in [0, 0.1) is 0 Å². The number of hydrogen-bond donors (Lipinski definition) is 1. The zero-order valence-corrected chi connectivity index (χ0v) is 15.6. The first-order valence-corrected chi connectivity index (χ1v) is 9.17. The van der Waals surface area contributed by atoms with Crippen LogP contribution >= 0.6 is 0 Å². The number of alkyl halides is 3. The highest BCUT2D eigenvalue weighted by molar-refractivity contribution is 5.82. The van der Waals surface area contributed by atoms with Crippen LogP contribution in [-0.2, 0) is 11.3 Å². The molecule has 1 aliphatic heterocycles. The van der Waals surface area contributed by atoms with Gasteiger partial charge in [0, 0.05) is 19.1 Å². The van der Waals surface area contributed by atoms with Gasteiger partial charge in [-0.2, -0.15) is 13.2 Å². The number of piperidine rings is 1. The third kappa shape index (κ3) is 4.84. The van der Waals surface area contributed by atoms with Gasteiger partial charge in [-0.25, -0.2) is 0 Å². The van der Waals surface area contributed by atoms with E-state index >= 15 is 0 Å². The summed E-state index contributed by atoms with van der Waals surface area (Å²) < 4.78 is 44.2. The summed E-state index contributed by atoms with van der Waals surface area (Å²) in [6.07, 6.45) is -3.96. The van der Waals surface area contributed by atoms with Crippen molar-refractivity contribution in [1.82, 2.24) is 10.2 Å². The quantitative estimate of drug-likeness (QED) is 0.834. The molecule has 1 aliphatic rings. The van der Waals surface area contributed by atoms with Crippen molar-refractivity contribution in [3.8, 4) is 5.75 Å². The van der Waals surface area contributed by atoms with Gasteiger partial charge in [-0.1, -0.05) is 42.5 Å². The van der Waals surface area contributed by atoms with Crippen LogP contribution in [0.25, 0.3) is 0 Å². The minimum atomic E-state index is -4.86. The highest BCUT2D eigenvalue weighted by atomic mass is 19.4. The van der Waals surface area contributed by atoms with Crippen molar-refractivity contribution in [2.24, 2.45) is 0 Å². The molecule has 0 aromatic heterocycles. The van der Waals surface area contributed by atoms with Crippen molar-refractivity contribution < 1.29 is 22.7 Å². The van der Waals surface area contributed by atoms with Crippen molar-refractivity contribution in [1.29, 1.82) is 0 Å². The summed E-state index contributed by atoms with van der Waals surface area (Å²) in [7, 11) is 1.60. The molecule has 3 rings (SSSR count). The predicted octanol–water partition coefficient (Wildman–Crippen LogP) is 4.08. The normalized spacial score (nSPS) is 20.1. The van der Waals surface area contributed by atoms with Gasteiger partial charge in [0.25, 0.3) is 0 Å². The summed E-state index contributed by atoms with van der Waals surface area (Å²) >= 11 is 0. The first-order valence-electron chi connectivity index (χ1n) is 9.17. The minimum Gasteiger partial charge on any atom is -0.497 e. The van der Waals surface area contributed by atoms with Gasteiger partial charge in [0.1, 0.15) is 5.75 Å². The summed E-state index contributed by atoms with van der Waals surface area (Å²) in [5.74, 6) is -0.998. The second-order valence-electron chi connectivity index (χ2n) is 6.87. The van der Waals surface area contributed by atoms with Gasteiger partial charge < -0.3 is 15.0 Å². The van der Waals surface area contributed by atoms with Crippen LogP contribution in [0.4, 0.5) is 13.2 Å². The summed E-state index contributed by atoms with van der Waals surface area (Å²) in [5, 5.41) is 3.41. The number of carbonyl (C=O) groups excluding carboxylic acids is 1. The molecule has 0 saturated carbocycles. The van der Waals surface area contributed by atoms with E-state index < -0.39 is 18.1 Å². The average Bonchev–Trinajstić information content (AvgIpc) is 2.72. The summed E-state index contributed by atoms with van der Waals surface area (Å²) in [6.45, 7) is 0.668. The van der Waals surface area contributed by atoms with Crippen LogP contribution in [0.15, 0.2) is 54.6 Å². The van der Waals surface area contributed by atoms with Gasteiger partial charge in [0.15, 0.2) is 0 Å². The van der Waals surface area contributed by atoms with E-state index in [2.05, 4.69) is 5.32 Å². The van der Waals surface area contributed by atoms with Crippen molar-refractivity contribution in [3.05, 3.63) is 65.7 Å². The van der Waals surface area contributed by atoms with Gasteiger partial charge in [-0.15, -0.1) is 0 Å². The van der Waals surface area contributed by atoms with Crippen molar-refractivity contribution in [2.45, 2.75) is 37.6 Å². The molecule has 2 aromatic carbocycles. The Bertz CT molecular complexity index is 778. The zero-order valence-electron chi connectivity index (χ0n) is 15.6. The fourth-order valence-corrected chi connectivity index (χ4v) is 3.55. The van der Waals surface area contributed by atoms with Crippen LogP contribution in [-0.4, -0.2) is 36.7 Å². The fourth-order valence-electron chi connectivity index (χ4n) is 3.55. The molecule has 0 spiro atoms. The SMILES string of the molecule is COc1ccc(CN[C@H]2CCN(C(=O)C(F)(F)F)[C@H](c3ccccc3)C2)cc1. The number of carbonyl (C=O) groups is 1. The molecule has 1 N–H and O–H groups in total. The maximum absolute atomic E-state index is 13.0. The molecule has 1 amide bonds. The van der Waals surface area contributed by atoms with E-state index in [1.54, 1.807) is 31.4 Å². The number of methoxy groups -OCH3 is 1. The Labute approximate surface area is 162 Å². The van der Waals surface area contributed by atoms with E-state index in [0.717, 1.165) is 21.8 Å².